The molecule has 1 aliphatic rings. The van der Waals surface area contributed by atoms with Gasteiger partial charge in [-0.15, -0.1) is 0 Å². The molecular formula is C19H22BrN3O3. The predicted octanol–water partition coefficient (Wildman–Crippen LogP) is 3.21. The van der Waals surface area contributed by atoms with Crippen LogP contribution in [0.1, 0.15) is 17.3 Å². The van der Waals surface area contributed by atoms with Crippen LogP contribution in [0.2, 0.25) is 0 Å². The predicted molar refractivity (Wildman–Crippen MR) is 104 cm³/mol. The van der Waals surface area contributed by atoms with E-state index in [4.69, 9.17) is 9.47 Å². The second-order valence-electron chi connectivity index (χ2n) is 5.89. The lowest BCUT2D eigenvalue weighted by atomic mass is 10.1. The first-order valence-electron chi connectivity index (χ1n) is 8.59. The number of piperazine rings is 1. The molecule has 0 unspecified atom stereocenters. The molecular weight excluding hydrogens is 398 g/mol. The molecule has 0 radical (unpaired) electrons. The van der Waals surface area contributed by atoms with Gasteiger partial charge < -0.3 is 19.3 Å². The van der Waals surface area contributed by atoms with Gasteiger partial charge in [-0.2, -0.15) is 0 Å². The Morgan fingerprint density at radius 2 is 2.00 bits per heavy atom. The normalized spacial score (nSPS) is 14.3. The average molecular weight is 420 g/mol. The Morgan fingerprint density at radius 1 is 1.23 bits per heavy atom. The van der Waals surface area contributed by atoms with Crippen molar-refractivity contribution in [3.05, 3.63) is 46.6 Å². The number of aromatic nitrogens is 1. The van der Waals surface area contributed by atoms with E-state index in [0.29, 0.717) is 41.2 Å². The Balaban J connectivity index is 1.71. The third kappa shape index (κ3) is 3.93. The van der Waals surface area contributed by atoms with Gasteiger partial charge in [-0.05, 0) is 47.1 Å². The molecule has 0 bridgehead atoms. The number of hydrogen-bond donors (Lipinski definition) is 0. The van der Waals surface area contributed by atoms with Crippen LogP contribution in [0.25, 0.3) is 0 Å². The van der Waals surface area contributed by atoms with Gasteiger partial charge in [0.25, 0.3) is 5.91 Å². The number of halogens is 1. The van der Waals surface area contributed by atoms with Crippen LogP contribution in [0.15, 0.2) is 41.0 Å². The number of anilines is 1. The minimum absolute atomic E-state index is 0.00674. The van der Waals surface area contributed by atoms with E-state index in [1.165, 1.54) is 0 Å². The molecule has 6 nitrogen and oxygen atoms in total. The first-order valence-corrected chi connectivity index (χ1v) is 9.39. The van der Waals surface area contributed by atoms with Crippen LogP contribution in [0.4, 0.5) is 5.82 Å². The van der Waals surface area contributed by atoms with Gasteiger partial charge in [-0.1, -0.05) is 6.07 Å². The number of carbonyl (C=O) groups is 1. The van der Waals surface area contributed by atoms with E-state index in [-0.39, 0.29) is 5.91 Å². The van der Waals surface area contributed by atoms with Crippen molar-refractivity contribution < 1.29 is 14.3 Å². The Morgan fingerprint density at radius 3 is 2.62 bits per heavy atom. The largest absolute Gasteiger partial charge is 0.493 e. The van der Waals surface area contributed by atoms with Crippen LogP contribution < -0.4 is 14.4 Å². The number of rotatable bonds is 5. The zero-order chi connectivity index (χ0) is 18.5. The highest BCUT2D eigenvalue weighted by atomic mass is 79.9. The van der Waals surface area contributed by atoms with Gasteiger partial charge in [0, 0.05) is 37.9 Å². The molecule has 2 heterocycles. The quantitative estimate of drug-likeness (QED) is 0.744. The zero-order valence-electron chi connectivity index (χ0n) is 14.9. The number of ether oxygens (including phenoxy) is 2. The molecule has 1 fully saturated rings. The summed E-state index contributed by atoms with van der Waals surface area (Å²) in [5, 5.41) is 0. The van der Waals surface area contributed by atoms with Gasteiger partial charge in [0.1, 0.15) is 5.82 Å². The summed E-state index contributed by atoms with van der Waals surface area (Å²) in [6.07, 6.45) is 1.79. The van der Waals surface area contributed by atoms with E-state index in [2.05, 4.69) is 25.8 Å². The third-order valence-corrected chi connectivity index (χ3v) is 4.89. The van der Waals surface area contributed by atoms with Crippen LogP contribution in [0, 0.1) is 0 Å². The van der Waals surface area contributed by atoms with Crippen molar-refractivity contribution in [1.82, 2.24) is 9.88 Å². The Kier molecular flexibility index (Phi) is 5.98. The molecule has 138 valence electrons. The minimum atomic E-state index is -0.00674. The van der Waals surface area contributed by atoms with E-state index < -0.39 is 0 Å². The van der Waals surface area contributed by atoms with Crippen LogP contribution in [-0.2, 0) is 0 Å². The summed E-state index contributed by atoms with van der Waals surface area (Å²) < 4.78 is 11.7. The summed E-state index contributed by atoms with van der Waals surface area (Å²) in [4.78, 5) is 21.3. The van der Waals surface area contributed by atoms with Gasteiger partial charge in [0.05, 0.1) is 18.2 Å². The number of amides is 1. The lowest BCUT2D eigenvalue weighted by molar-refractivity contribution is 0.0746. The molecule has 2 aromatic rings. The van der Waals surface area contributed by atoms with Crippen molar-refractivity contribution >= 4 is 27.7 Å². The maximum atomic E-state index is 12.9. The van der Waals surface area contributed by atoms with Crippen molar-refractivity contribution in [2.45, 2.75) is 6.92 Å². The second-order valence-corrected chi connectivity index (χ2v) is 6.74. The van der Waals surface area contributed by atoms with Crippen molar-refractivity contribution in [2.24, 2.45) is 0 Å². The molecule has 1 aliphatic heterocycles. The number of benzene rings is 1. The number of pyridine rings is 1. The van der Waals surface area contributed by atoms with Gasteiger partial charge in [0.2, 0.25) is 0 Å². The highest BCUT2D eigenvalue weighted by molar-refractivity contribution is 9.10. The van der Waals surface area contributed by atoms with Gasteiger partial charge in [-0.3, -0.25) is 4.79 Å². The van der Waals surface area contributed by atoms with Gasteiger partial charge >= 0.3 is 0 Å². The van der Waals surface area contributed by atoms with Gasteiger partial charge in [-0.25, -0.2) is 4.98 Å². The van der Waals surface area contributed by atoms with Gasteiger partial charge in [0.15, 0.2) is 11.5 Å². The van der Waals surface area contributed by atoms with E-state index in [1.54, 1.807) is 25.4 Å². The Bertz CT molecular complexity index is 762. The number of methoxy groups -OCH3 is 1. The molecule has 1 aromatic carbocycles. The molecule has 0 aliphatic carbocycles. The minimum Gasteiger partial charge on any atom is -0.493 e. The third-order valence-electron chi connectivity index (χ3n) is 4.31. The molecule has 26 heavy (non-hydrogen) atoms. The van der Waals surface area contributed by atoms with E-state index in [1.807, 2.05) is 30.0 Å². The second kappa shape index (κ2) is 8.40. The standard InChI is InChI=1S/C19H22BrN3O3/c1-3-26-18-15(20)12-14(13-16(18)25-2)19(24)23-10-8-22(9-11-23)17-6-4-5-7-21-17/h4-7,12-13H,3,8-11H2,1-2H3. The highest BCUT2D eigenvalue weighted by Gasteiger charge is 2.24. The van der Waals surface area contributed by atoms with E-state index >= 15 is 0 Å². The lowest BCUT2D eigenvalue weighted by Crippen LogP contribution is -2.49. The molecule has 7 heteroatoms. The summed E-state index contributed by atoms with van der Waals surface area (Å²) in [6.45, 7) is 5.27. The summed E-state index contributed by atoms with van der Waals surface area (Å²) in [5.41, 5.74) is 0.587. The monoisotopic (exact) mass is 419 g/mol. The first-order chi connectivity index (χ1) is 12.6. The number of hydrogen-bond acceptors (Lipinski definition) is 5. The van der Waals surface area contributed by atoms with Crippen LogP contribution in [-0.4, -0.2) is 55.7 Å². The van der Waals surface area contributed by atoms with Crippen LogP contribution >= 0.6 is 15.9 Å². The molecule has 0 spiro atoms. The highest BCUT2D eigenvalue weighted by Crippen LogP contribution is 2.37. The van der Waals surface area contributed by atoms with E-state index in [0.717, 1.165) is 18.9 Å². The molecule has 1 amide bonds. The zero-order valence-corrected chi connectivity index (χ0v) is 16.5. The number of nitrogens with zero attached hydrogens (tertiary/aromatic N) is 3. The SMILES string of the molecule is CCOc1c(Br)cc(C(=O)N2CCN(c3ccccn3)CC2)cc1OC. The maximum Gasteiger partial charge on any atom is 0.254 e. The number of carbonyl (C=O) groups excluding carboxylic acids is 1. The first kappa shape index (κ1) is 18.5. The fraction of sp³-hybridized carbons (Fsp3) is 0.368. The van der Waals surface area contributed by atoms with Crippen molar-refractivity contribution in [1.29, 1.82) is 0 Å². The molecule has 0 saturated carbocycles. The smallest absolute Gasteiger partial charge is 0.254 e. The fourth-order valence-corrected chi connectivity index (χ4v) is 3.55. The van der Waals surface area contributed by atoms with E-state index in [9.17, 15) is 4.79 Å². The molecule has 0 N–H and O–H groups in total. The summed E-state index contributed by atoms with van der Waals surface area (Å²) in [7, 11) is 1.57. The average Bonchev–Trinajstić information content (AvgIpc) is 2.69. The molecule has 1 saturated heterocycles. The molecule has 3 rings (SSSR count). The Labute approximate surface area is 161 Å². The van der Waals surface area contributed by atoms with Crippen LogP contribution in [0.5, 0.6) is 11.5 Å². The molecule has 0 atom stereocenters. The Hall–Kier alpha value is -2.28. The molecule has 1 aromatic heterocycles. The maximum absolute atomic E-state index is 12.9. The van der Waals surface area contributed by atoms with Crippen LogP contribution in [0.3, 0.4) is 0 Å². The topological polar surface area (TPSA) is 54.9 Å². The summed E-state index contributed by atoms with van der Waals surface area (Å²) in [5.74, 6) is 2.11. The lowest BCUT2D eigenvalue weighted by Gasteiger charge is -2.35. The summed E-state index contributed by atoms with van der Waals surface area (Å²) >= 11 is 3.48. The van der Waals surface area contributed by atoms with Crippen molar-refractivity contribution in [3.8, 4) is 11.5 Å². The van der Waals surface area contributed by atoms with Crippen molar-refractivity contribution in [3.63, 3.8) is 0 Å². The summed E-state index contributed by atoms with van der Waals surface area (Å²) in [6, 6.07) is 9.40. The fourth-order valence-electron chi connectivity index (χ4n) is 2.99. The van der Waals surface area contributed by atoms with Crippen molar-refractivity contribution in [2.75, 3.05) is 44.8 Å².